The zero-order valence-corrected chi connectivity index (χ0v) is 8.79. The topological polar surface area (TPSA) is 56.0 Å². The molecule has 0 N–H and O–H groups in total. The molecule has 0 saturated heterocycles. The van der Waals surface area contributed by atoms with Gasteiger partial charge in [-0.3, -0.25) is 10.1 Å². The molecule has 15 heavy (non-hydrogen) atoms. The van der Waals surface area contributed by atoms with Gasteiger partial charge in [0.15, 0.2) is 0 Å². The molecule has 2 rings (SSSR count). The molecule has 0 radical (unpaired) electrons. The van der Waals surface area contributed by atoms with E-state index in [-0.39, 0.29) is 16.0 Å². The van der Waals surface area contributed by atoms with Crippen LogP contribution in [-0.2, 0) is 0 Å². The molecular formula is C9H4Cl2N2O2. The summed E-state index contributed by atoms with van der Waals surface area (Å²) >= 11 is 11.5. The van der Waals surface area contributed by atoms with Crippen molar-refractivity contribution in [2.45, 2.75) is 0 Å². The van der Waals surface area contributed by atoms with Gasteiger partial charge in [-0.25, -0.2) is 4.98 Å². The second-order valence-corrected chi connectivity index (χ2v) is 3.56. The van der Waals surface area contributed by atoms with E-state index in [1.54, 1.807) is 24.3 Å². The Morgan fingerprint density at radius 2 is 1.73 bits per heavy atom. The van der Waals surface area contributed by atoms with Crippen molar-refractivity contribution in [3.8, 4) is 0 Å². The first kappa shape index (κ1) is 10.1. The largest absolute Gasteiger partial charge is 0.314 e. The highest BCUT2D eigenvalue weighted by Gasteiger charge is 2.20. The van der Waals surface area contributed by atoms with Crippen LogP contribution in [0.25, 0.3) is 10.8 Å². The average molecular weight is 243 g/mol. The number of benzene rings is 1. The van der Waals surface area contributed by atoms with Crippen molar-refractivity contribution in [2.24, 2.45) is 0 Å². The third-order valence-electron chi connectivity index (χ3n) is 1.98. The molecule has 0 unspecified atom stereocenters. The van der Waals surface area contributed by atoms with E-state index in [1.165, 1.54) is 0 Å². The number of hydrogen-bond acceptors (Lipinski definition) is 3. The molecule has 0 bridgehead atoms. The lowest BCUT2D eigenvalue weighted by Gasteiger charge is -2.02. The zero-order valence-electron chi connectivity index (χ0n) is 7.28. The monoisotopic (exact) mass is 242 g/mol. The standard InChI is InChI=1S/C9H4Cl2N2O2/c10-8-6-4-2-1-3-5(6)7(13(14)15)9(11)12-8/h1-4H. The van der Waals surface area contributed by atoms with Crippen molar-refractivity contribution in [3.05, 3.63) is 44.7 Å². The Balaban J connectivity index is 2.96. The van der Waals surface area contributed by atoms with Gasteiger partial charge in [-0.2, -0.15) is 0 Å². The fourth-order valence-electron chi connectivity index (χ4n) is 1.35. The second kappa shape index (κ2) is 3.64. The first-order chi connectivity index (χ1) is 7.11. The first-order valence-corrected chi connectivity index (χ1v) is 4.75. The Morgan fingerprint density at radius 1 is 1.13 bits per heavy atom. The third-order valence-corrected chi connectivity index (χ3v) is 2.53. The van der Waals surface area contributed by atoms with E-state index >= 15 is 0 Å². The molecule has 76 valence electrons. The smallest absolute Gasteiger partial charge is 0.258 e. The maximum absolute atomic E-state index is 10.8. The quantitative estimate of drug-likeness (QED) is 0.437. The highest BCUT2D eigenvalue weighted by molar-refractivity contribution is 6.38. The van der Waals surface area contributed by atoms with Crippen LogP contribution in [-0.4, -0.2) is 9.91 Å². The summed E-state index contributed by atoms with van der Waals surface area (Å²) in [6.45, 7) is 0. The van der Waals surface area contributed by atoms with Gasteiger partial charge in [0.1, 0.15) is 5.15 Å². The molecule has 0 amide bonds. The van der Waals surface area contributed by atoms with Gasteiger partial charge in [-0.05, 0) is 6.07 Å². The third kappa shape index (κ3) is 1.62. The Bertz CT molecular complexity index is 557. The molecule has 0 aliphatic heterocycles. The summed E-state index contributed by atoms with van der Waals surface area (Å²) in [5, 5.41) is 11.7. The molecule has 0 spiro atoms. The summed E-state index contributed by atoms with van der Waals surface area (Å²) in [5.74, 6) is 0. The van der Waals surface area contributed by atoms with Crippen molar-refractivity contribution in [1.82, 2.24) is 4.98 Å². The van der Waals surface area contributed by atoms with Crippen molar-refractivity contribution in [3.63, 3.8) is 0 Å². The number of hydrogen-bond donors (Lipinski definition) is 0. The molecule has 0 fully saturated rings. The number of halogens is 2. The average Bonchev–Trinajstić information content (AvgIpc) is 2.17. The molecule has 1 aromatic carbocycles. The van der Waals surface area contributed by atoms with Crippen molar-refractivity contribution in [2.75, 3.05) is 0 Å². The molecule has 0 aliphatic carbocycles. The van der Waals surface area contributed by atoms with Gasteiger partial charge in [0.05, 0.1) is 10.3 Å². The van der Waals surface area contributed by atoms with Crippen LogP contribution in [0.15, 0.2) is 24.3 Å². The molecule has 0 atom stereocenters. The summed E-state index contributed by atoms with van der Waals surface area (Å²) in [6, 6.07) is 6.66. The van der Waals surface area contributed by atoms with E-state index < -0.39 is 4.92 Å². The SMILES string of the molecule is O=[N+]([O-])c1c(Cl)nc(Cl)c2ccccc12. The predicted molar refractivity (Wildman–Crippen MR) is 58.4 cm³/mol. The van der Waals surface area contributed by atoms with Gasteiger partial charge < -0.3 is 0 Å². The van der Waals surface area contributed by atoms with Crippen molar-refractivity contribution >= 4 is 39.7 Å². The number of aromatic nitrogens is 1. The van der Waals surface area contributed by atoms with Crippen molar-refractivity contribution in [1.29, 1.82) is 0 Å². The molecule has 2 aromatic rings. The minimum absolute atomic E-state index is 0.168. The number of fused-ring (bicyclic) bond motifs is 1. The summed E-state index contributed by atoms with van der Waals surface area (Å²) in [4.78, 5) is 13.9. The van der Waals surface area contributed by atoms with Crippen LogP contribution in [0.3, 0.4) is 0 Å². The van der Waals surface area contributed by atoms with E-state index in [0.29, 0.717) is 10.8 Å². The summed E-state index contributed by atoms with van der Waals surface area (Å²) in [7, 11) is 0. The fourth-order valence-corrected chi connectivity index (χ4v) is 1.90. The molecule has 6 heteroatoms. The van der Waals surface area contributed by atoms with Gasteiger partial charge in [-0.1, -0.05) is 41.4 Å². The number of rotatable bonds is 1. The Labute approximate surface area is 94.6 Å². The van der Waals surface area contributed by atoms with Gasteiger partial charge in [-0.15, -0.1) is 0 Å². The summed E-state index contributed by atoms with van der Waals surface area (Å²) in [6.07, 6.45) is 0. The Kier molecular flexibility index (Phi) is 2.46. The summed E-state index contributed by atoms with van der Waals surface area (Å²) < 4.78 is 0. The van der Waals surface area contributed by atoms with Gasteiger partial charge in [0.25, 0.3) is 0 Å². The lowest BCUT2D eigenvalue weighted by atomic mass is 10.1. The lowest BCUT2D eigenvalue weighted by molar-refractivity contribution is -0.383. The minimum Gasteiger partial charge on any atom is -0.258 e. The summed E-state index contributed by atoms with van der Waals surface area (Å²) in [5.41, 5.74) is -0.211. The molecule has 0 saturated carbocycles. The van der Waals surface area contributed by atoms with E-state index in [0.717, 1.165) is 0 Å². The normalized spacial score (nSPS) is 10.5. The van der Waals surface area contributed by atoms with Crippen LogP contribution in [0, 0.1) is 10.1 Å². The van der Waals surface area contributed by atoms with E-state index in [2.05, 4.69) is 4.98 Å². The van der Waals surface area contributed by atoms with Crippen LogP contribution in [0.1, 0.15) is 0 Å². The highest BCUT2D eigenvalue weighted by atomic mass is 35.5. The van der Waals surface area contributed by atoms with Crippen molar-refractivity contribution < 1.29 is 4.92 Å². The predicted octanol–water partition coefficient (Wildman–Crippen LogP) is 3.45. The van der Waals surface area contributed by atoms with Crippen LogP contribution >= 0.6 is 23.2 Å². The molecule has 4 nitrogen and oxygen atoms in total. The van der Waals surface area contributed by atoms with Gasteiger partial charge in [0.2, 0.25) is 5.15 Å². The molecular weight excluding hydrogens is 239 g/mol. The maximum Gasteiger partial charge on any atom is 0.314 e. The van der Waals surface area contributed by atoms with Crippen LogP contribution in [0.5, 0.6) is 0 Å². The van der Waals surface area contributed by atoms with E-state index in [9.17, 15) is 10.1 Å². The molecule has 0 aliphatic rings. The van der Waals surface area contributed by atoms with Gasteiger partial charge >= 0.3 is 5.69 Å². The van der Waals surface area contributed by atoms with E-state index in [1.807, 2.05) is 0 Å². The van der Waals surface area contributed by atoms with Crippen LogP contribution in [0.2, 0.25) is 10.3 Å². The Morgan fingerprint density at radius 3 is 2.33 bits per heavy atom. The molecule has 1 heterocycles. The zero-order chi connectivity index (χ0) is 11.0. The number of pyridine rings is 1. The van der Waals surface area contributed by atoms with Gasteiger partial charge in [0, 0.05) is 5.39 Å². The Hall–Kier alpha value is -1.39. The van der Waals surface area contributed by atoms with E-state index in [4.69, 9.17) is 23.2 Å². The highest BCUT2D eigenvalue weighted by Crippen LogP contribution is 2.34. The van der Waals surface area contributed by atoms with Crippen LogP contribution in [0.4, 0.5) is 5.69 Å². The van der Waals surface area contributed by atoms with Crippen LogP contribution < -0.4 is 0 Å². The minimum atomic E-state index is -0.562. The second-order valence-electron chi connectivity index (χ2n) is 2.84. The number of nitro groups is 1. The molecule has 1 aromatic heterocycles. The first-order valence-electron chi connectivity index (χ1n) is 3.99. The maximum atomic E-state index is 10.8. The lowest BCUT2D eigenvalue weighted by Crippen LogP contribution is -1.93. The fraction of sp³-hybridized carbons (Fsp3) is 0. The number of nitrogens with zero attached hydrogens (tertiary/aromatic N) is 2.